The van der Waals surface area contributed by atoms with Crippen LogP contribution in [0, 0.1) is 0 Å². The minimum atomic E-state index is -1.10. The van der Waals surface area contributed by atoms with Gasteiger partial charge in [-0.15, -0.1) is 0 Å². The molecule has 20 heavy (non-hydrogen) atoms. The molecule has 0 N–H and O–H groups in total. The van der Waals surface area contributed by atoms with Crippen molar-refractivity contribution in [2.45, 2.75) is 52.4 Å². The van der Waals surface area contributed by atoms with E-state index >= 15 is 0 Å². The minimum absolute atomic E-state index is 0. The first kappa shape index (κ1) is 28.1. The van der Waals surface area contributed by atoms with E-state index < -0.39 is 11.9 Å². The van der Waals surface area contributed by atoms with Crippen LogP contribution in [0.5, 0.6) is 0 Å². The maximum Gasteiger partial charge on any atom is 1.00 e. The quantitative estimate of drug-likeness (QED) is 0.229. The molecule has 0 radical (unpaired) electrons. The van der Waals surface area contributed by atoms with Gasteiger partial charge in [-0.2, -0.15) is 0 Å². The molecule has 0 aliphatic rings. The summed E-state index contributed by atoms with van der Waals surface area (Å²) < 4.78 is 0. The van der Waals surface area contributed by atoms with Crippen molar-refractivity contribution in [3.8, 4) is 0 Å². The average Bonchev–Trinajstić information content (AvgIpc) is 2.29. The van der Waals surface area contributed by atoms with E-state index in [1.54, 1.807) is 18.2 Å². The van der Waals surface area contributed by atoms with E-state index in [1.165, 1.54) is 6.42 Å². The topological polar surface area (TPSA) is 80.3 Å². The van der Waals surface area contributed by atoms with Gasteiger partial charge < -0.3 is 19.8 Å². The van der Waals surface area contributed by atoms with Crippen molar-refractivity contribution >= 4 is 11.9 Å². The van der Waals surface area contributed by atoms with Gasteiger partial charge in [-0.05, 0) is 25.3 Å². The normalized spacial score (nSPS) is 9.30. The number of carbonyl (C=O) groups is 2. The number of rotatable bonds is 8. The van der Waals surface area contributed by atoms with Gasteiger partial charge in [-0.25, -0.2) is 0 Å². The molecule has 0 aliphatic heterocycles. The fourth-order valence-corrected chi connectivity index (χ4v) is 1.04. The van der Waals surface area contributed by atoms with E-state index in [4.69, 9.17) is 0 Å². The fourth-order valence-electron chi connectivity index (χ4n) is 1.04. The Hall–Kier alpha value is -0.0995. The van der Waals surface area contributed by atoms with E-state index in [-0.39, 0.29) is 51.2 Å². The van der Waals surface area contributed by atoms with Crippen molar-refractivity contribution in [3.63, 3.8) is 0 Å². The van der Waals surface area contributed by atoms with Gasteiger partial charge in [0.25, 0.3) is 0 Å². The zero-order valence-corrected chi connectivity index (χ0v) is 14.8. The van der Waals surface area contributed by atoms with Crippen LogP contribution in [0.3, 0.4) is 0 Å². The Balaban J connectivity index is -0.000000119. The van der Waals surface area contributed by atoms with E-state index in [2.05, 4.69) is 6.92 Å². The van der Waals surface area contributed by atoms with Crippen LogP contribution in [0.2, 0.25) is 0 Å². The summed E-state index contributed by atoms with van der Waals surface area (Å²) in [6.07, 6.45) is 11.3. The second-order valence-corrected chi connectivity index (χ2v) is 3.67. The van der Waals surface area contributed by atoms with Crippen molar-refractivity contribution in [1.29, 1.82) is 0 Å². The average molecular weight is 470 g/mol. The molecule has 6 heteroatoms. The van der Waals surface area contributed by atoms with E-state index in [9.17, 15) is 19.8 Å². The molecule has 0 saturated carbocycles. The number of aliphatic carboxylic acids is 2. The predicted molar refractivity (Wildman–Crippen MR) is 67.3 cm³/mol. The van der Waals surface area contributed by atoms with Crippen molar-refractivity contribution in [3.05, 3.63) is 24.3 Å². The van der Waals surface area contributed by atoms with Gasteiger partial charge >= 0.3 is 44.8 Å². The second kappa shape index (κ2) is 24.0. The molecular formula is C14H22Ag2O4. The second-order valence-electron chi connectivity index (χ2n) is 3.67. The van der Waals surface area contributed by atoms with Crippen LogP contribution in [0.15, 0.2) is 24.3 Å². The number of hydrogen-bond acceptors (Lipinski definition) is 4. The van der Waals surface area contributed by atoms with Crippen LogP contribution in [0.1, 0.15) is 52.4 Å². The van der Waals surface area contributed by atoms with Crippen molar-refractivity contribution in [1.82, 2.24) is 0 Å². The number of carboxylic acids is 2. The van der Waals surface area contributed by atoms with Crippen molar-refractivity contribution < 1.29 is 64.6 Å². The third-order valence-electron chi connectivity index (χ3n) is 1.92. The Labute approximate surface area is 152 Å². The Kier molecular flexibility index (Phi) is 33.7. The first-order chi connectivity index (χ1) is 8.54. The zero-order chi connectivity index (χ0) is 14.2. The largest absolute Gasteiger partial charge is 1.00 e. The summed E-state index contributed by atoms with van der Waals surface area (Å²) in [7, 11) is 0. The number of carbonyl (C=O) groups excluding carboxylic acids is 2. The third kappa shape index (κ3) is 36.1. The van der Waals surface area contributed by atoms with Crippen molar-refractivity contribution in [2.24, 2.45) is 0 Å². The molecule has 124 valence electrons. The van der Waals surface area contributed by atoms with Gasteiger partial charge in [0.1, 0.15) is 0 Å². The Morgan fingerprint density at radius 2 is 1.55 bits per heavy atom. The van der Waals surface area contributed by atoms with Crippen LogP contribution in [0.25, 0.3) is 0 Å². The fraction of sp³-hybridized carbons (Fsp3) is 0.571. The van der Waals surface area contributed by atoms with Gasteiger partial charge in [0.2, 0.25) is 0 Å². The minimum Gasteiger partial charge on any atom is -0.550 e. The third-order valence-corrected chi connectivity index (χ3v) is 1.92. The summed E-state index contributed by atoms with van der Waals surface area (Å²) in [5, 5.41) is 19.5. The molecule has 0 rings (SSSR count). The number of allylic oxidation sites excluding steroid dienone is 2. The maximum atomic E-state index is 9.83. The molecule has 0 bridgehead atoms. The smallest absolute Gasteiger partial charge is 0.550 e. The molecule has 0 spiro atoms. The van der Waals surface area contributed by atoms with E-state index in [0.717, 1.165) is 31.8 Å². The van der Waals surface area contributed by atoms with Crippen LogP contribution in [0.4, 0.5) is 0 Å². The zero-order valence-electron chi connectivity index (χ0n) is 11.8. The summed E-state index contributed by atoms with van der Waals surface area (Å²) in [6, 6.07) is 0. The number of carboxylic acid groups (broad SMARTS) is 2. The maximum absolute atomic E-state index is 9.83. The van der Waals surface area contributed by atoms with E-state index in [0.29, 0.717) is 0 Å². The predicted octanol–water partition coefficient (Wildman–Crippen LogP) is 0.960. The SMILES string of the molecule is CCC=CCC(=O)[O-].CCCCCC=CC(=O)[O-].[Ag+].[Ag+]. The van der Waals surface area contributed by atoms with Gasteiger partial charge in [0.05, 0.1) is 5.97 Å². The molecule has 0 fully saturated rings. The van der Waals surface area contributed by atoms with Crippen molar-refractivity contribution in [2.75, 3.05) is 0 Å². The summed E-state index contributed by atoms with van der Waals surface area (Å²) >= 11 is 0. The molecule has 0 aliphatic carbocycles. The van der Waals surface area contributed by atoms with Crippen LogP contribution in [-0.4, -0.2) is 11.9 Å². The van der Waals surface area contributed by atoms with Crippen LogP contribution < -0.4 is 10.2 Å². The molecule has 0 aromatic rings. The summed E-state index contributed by atoms with van der Waals surface area (Å²) in [4.78, 5) is 19.5. The number of hydrogen-bond donors (Lipinski definition) is 0. The number of unbranched alkanes of at least 4 members (excludes halogenated alkanes) is 3. The molecule has 0 aromatic heterocycles. The van der Waals surface area contributed by atoms with Gasteiger partial charge in [0.15, 0.2) is 0 Å². The first-order valence-electron chi connectivity index (χ1n) is 6.26. The molecule has 0 unspecified atom stereocenters. The molecular weight excluding hydrogens is 448 g/mol. The Morgan fingerprint density at radius 1 is 0.950 bits per heavy atom. The molecule has 4 nitrogen and oxygen atoms in total. The van der Waals surface area contributed by atoms with Gasteiger partial charge in [0, 0.05) is 12.4 Å². The Morgan fingerprint density at radius 3 is 1.95 bits per heavy atom. The van der Waals surface area contributed by atoms with Gasteiger partial charge in [-0.1, -0.05) is 44.9 Å². The molecule has 0 amide bonds. The molecule has 0 atom stereocenters. The first-order valence-corrected chi connectivity index (χ1v) is 6.26. The summed E-state index contributed by atoms with van der Waals surface area (Å²) in [6.45, 7) is 4.06. The molecule has 0 saturated heterocycles. The molecule has 0 heterocycles. The Bertz CT molecular complexity index is 276. The molecule has 0 aromatic carbocycles. The van der Waals surface area contributed by atoms with Gasteiger partial charge in [-0.3, -0.25) is 0 Å². The standard InChI is InChI=1S/C8H14O2.C6H10O2.2Ag/c1-2-3-4-5-6-7-8(9)10;1-2-3-4-5-6(7)8;;/h6-7H,2-5H2,1H3,(H,9,10);3-4H,2,5H2,1H3,(H,7,8);;/q;;2*+1/p-2. The summed E-state index contributed by atoms with van der Waals surface area (Å²) in [5.74, 6) is -2.12. The van der Waals surface area contributed by atoms with Crippen LogP contribution >= 0.6 is 0 Å². The summed E-state index contributed by atoms with van der Waals surface area (Å²) in [5.41, 5.74) is 0. The van der Waals surface area contributed by atoms with Crippen LogP contribution in [-0.2, 0) is 54.3 Å². The van der Waals surface area contributed by atoms with E-state index in [1.807, 2.05) is 6.92 Å². The monoisotopic (exact) mass is 468 g/mol.